The van der Waals surface area contributed by atoms with Crippen molar-refractivity contribution in [2.75, 3.05) is 4.90 Å². The predicted octanol–water partition coefficient (Wildman–Crippen LogP) is 3.17. The normalized spacial score (nSPS) is 15.7. The van der Waals surface area contributed by atoms with Crippen molar-refractivity contribution in [3.8, 4) is 0 Å². The molecule has 0 spiro atoms. The fourth-order valence-electron chi connectivity index (χ4n) is 2.46. The lowest BCUT2D eigenvalue weighted by Crippen LogP contribution is -2.30. The molecule has 0 atom stereocenters. The van der Waals surface area contributed by atoms with Crippen molar-refractivity contribution in [3.63, 3.8) is 0 Å². The molecule has 6 nitrogen and oxygen atoms in total. The minimum absolute atomic E-state index is 0.0341. The van der Waals surface area contributed by atoms with Crippen molar-refractivity contribution in [2.24, 2.45) is 0 Å². The van der Waals surface area contributed by atoms with Gasteiger partial charge < -0.3 is 5.32 Å². The summed E-state index contributed by atoms with van der Waals surface area (Å²) in [7, 11) is 0. The van der Waals surface area contributed by atoms with Crippen LogP contribution in [0.3, 0.4) is 0 Å². The number of aryl methyl sites for hydroxylation is 1. The third kappa shape index (κ3) is 2.89. The maximum Gasteiger partial charge on any atom is 0.281 e. The number of nitro benzene ring substituents is 1. The van der Waals surface area contributed by atoms with Crippen LogP contribution in [0.5, 0.6) is 0 Å². The number of rotatable bonds is 3. The van der Waals surface area contributed by atoms with Crippen molar-refractivity contribution in [3.05, 3.63) is 75.5 Å². The summed E-state index contributed by atoms with van der Waals surface area (Å²) < 4.78 is 0. The summed E-state index contributed by atoms with van der Waals surface area (Å²) in [6.07, 6.45) is 1.56. The highest BCUT2D eigenvalue weighted by Crippen LogP contribution is 2.26. The molecule has 1 aliphatic heterocycles. The molecule has 1 amide bonds. The first-order valence-corrected chi connectivity index (χ1v) is 7.55. The summed E-state index contributed by atoms with van der Waals surface area (Å²) in [6, 6.07) is 13.5. The van der Waals surface area contributed by atoms with E-state index in [1.807, 2.05) is 31.2 Å². The van der Waals surface area contributed by atoms with Gasteiger partial charge in [0.1, 0.15) is 5.70 Å². The number of hydrogen-bond acceptors (Lipinski definition) is 4. The van der Waals surface area contributed by atoms with Crippen molar-refractivity contribution >= 4 is 40.7 Å². The second-order valence-corrected chi connectivity index (χ2v) is 5.65. The molecule has 2 aromatic rings. The fraction of sp³-hybridized carbons (Fsp3) is 0.0588. The van der Waals surface area contributed by atoms with E-state index in [1.54, 1.807) is 18.2 Å². The molecule has 120 valence electrons. The van der Waals surface area contributed by atoms with Crippen LogP contribution in [-0.2, 0) is 4.79 Å². The predicted molar refractivity (Wildman–Crippen MR) is 95.5 cm³/mol. The van der Waals surface area contributed by atoms with Gasteiger partial charge in [-0.2, -0.15) is 0 Å². The molecule has 2 aromatic carbocycles. The Bertz CT molecular complexity index is 892. The van der Waals surface area contributed by atoms with Gasteiger partial charge in [-0.25, -0.2) is 0 Å². The van der Waals surface area contributed by atoms with Crippen molar-refractivity contribution in [1.82, 2.24) is 5.32 Å². The number of anilines is 1. The number of benzene rings is 2. The molecule has 0 aliphatic carbocycles. The first-order valence-electron chi connectivity index (χ1n) is 7.14. The topological polar surface area (TPSA) is 75.5 Å². The van der Waals surface area contributed by atoms with Gasteiger partial charge in [0.25, 0.3) is 11.6 Å². The molecule has 0 unspecified atom stereocenters. The highest BCUT2D eigenvalue weighted by atomic mass is 32.1. The first kappa shape index (κ1) is 15.8. The molecule has 1 aliphatic rings. The molecule has 1 fully saturated rings. The number of carbonyl (C=O) groups is 1. The average molecular weight is 339 g/mol. The van der Waals surface area contributed by atoms with Crippen LogP contribution in [-0.4, -0.2) is 15.9 Å². The number of hydrogen-bond donors (Lipinski definition) is 1. The highest BCUT2D eigenvalue weighted by molar-refractivity contribution is 7.80. The van der Waals surface area contributed by atoms with Crippen LogP contribution >= 0.6 is 12.2 Å². The van der Waals surface area contributed by atoms with Crippen LogP contribution < -0.4 is 10.2 Å². The van der Waals surface area contributed by atoms with E-state index < -0.39 is 4.92 Å². The molecule has 1 N–H and O–H groups in total. The standard InChI is InChI=1S/C17H13N3O3S/c1-11-5-2-3-8-15(11)19-16(21)14(18-17(19)24)10-12-6-4-7-13(9-12)20(22)23/h2-10H,1H3,(H,18,24)/b14-10-. The summed E-state index contributed by atoms with van der Waals surface area (Å²) in [5, 5.41) is 14.0. The van der Waals surface area contributed by atoms with Gasteiger partial charge >= 0.3 is 0 Å². The molecule has 1 heterocycles. The number of nitrogens with zero attached hydrogens (tertiary/aromatic N) is 2. The van der Waals surface area contributed by atoms with E-state index in [2.05, 4.69) is 5.32 Å². The number of para-hydroxylation sites is 1. The van der Waals surface area contributed by atoms with E-state index in [1.165, 1.54) is 17.0 Å². The lowest BCUT2D eigenvalue weighted by molar-refractivity contribution is -0.384. The summed E-state index contributed by atoms with van der Waals surface area (Å²) in [4.78, 5) is 24.5. The number of thiocarbonyl (C=S) groups is 1. The molecule has 0 radical (unpaired) electrons. The van der Waals surface area contributed by atoms with Gasteiger partial charge in [-0.05, 0) is 42.4 Å². The van der Waals surface area contributed by atoms with Crippen LogP contribution in [0, 0.1) is 17.0 Å². The maximum atomic E-state index is 12.7. The molecule has 24 heavy (non-hydrogen) atoms. The molecule has 0 aromatic heterocycles. The number of carbonyl (C=O) groups excluding carboxylic acids is 1. The van der Waals surface area contributed by atoms with Gasteiger partial charge in [-0.15, -0.1) is 0 Å². The number of nitrogens with one attached hydrogen (secondary N) is 1. The lowest BCUT2D eigenvalue weighted by atomic mass is 10.1. The zero-order valence-corrected chi connectivity index (χ0v) is 13.5. The number of amides is 1. The maximum absolute atomic E-state index is 12.7. The number of non-ortho nitro benzene ring substituents is 1. The van der Waals surface area contributed by atoms with Crippen molar-refractivity contribution in [2.45, 2.75) is 6.92 Å². The minimum Gasteiger partial charge on any atom is -0.327 e. The molecule has 7 heteroatoms. The van der Waals surface area contributed by atoms with Crippen LogP contribution in [0.1, 0.15) is 11.1 Å². The van der Waals surface area contributed by atoms with Gasteiger partial charge in [-0.1, -0.05) is 30.3 Å². The first-order chi connectivity index (χ1) is 11.5. The molecular formula is C17H13N3O3S. The van der Waals surface area contributed by atoms with E-state index >= 15 is 0 Å². The Morgan fingerprint density at radius 3 is 2.67 bits per heavy atom. The van der Waals surface area contributed by atoms with Crippen LogP contribution in [0.4, 0.5) is 11.4 Å². The zero-order valence-electron chi connectivity index (χ0n) is 12.7. The summed E-state index contributed by atoms with van der Waals surface area (Å²) >= 11 is 5.26. The van der Waals surface area contributed by atoms with Gasteiger partial charge in [0, 0.05) is 12.1 Å². The average Bonchev–Trinajstić information content (AvgIpc) is 2.82. The minimum atomic E-state index is -0.476. The van der Waals surface area contributed by atoms with Crippen LogP contribution in [0.25, 0.3) is 6.08 Å². The molecule has 0 bridgehead atoms. The molecule has 3 rings (SSSR count). The summed E-state index contributed by atoms with van der Waals surface area (Å²) in [5.41, 5.74) is 2.43. The zero-order chi connectivity index (χ0) is 17.3. The lowest BCUT2D eigenvalue weighted by Gasteiger charge is -2.16. The summed E-state index contributed by atoms with van der Waals surface area (Å²) in [5.74, 6) is -0.291. The Hall–Kier alpha value is -3.06. The van der Waals surface area contributed by atoms with E-state index in [0.717, 1.165) is 5.56 Å². The Kier molecular flexibility index (Phi) is 4.09. The Morgan fingerprint density at radius 2 is 1.96 bits per heavy atom. The smallest absolute Gasteiger partial charge is 0.281 e. The quantitative estimate of drug-likeness (QED) is 0.402. The Labute approximate surface area is 143 Å². The van der Waals surface area contributed by atoms with Crippen molar-refractivity contribution < 1.29 is 9.72 Å². The van der Waals surface area contributed by atoms with Gasteiger partial charge in [-0.3, -0.25) is 19.8 Å². The molecule has 0 saturated carbocycles. The van der Waals surface area contributed by atoms with Crippen LogP contribution in [0.2, 0.25) is 0 Å². The van der Waals surface area contributed by atoms with E-state index in [4.69, 9.17) is 12.2 Å². The monoisotopic (exact) mass is 339 g/mol. The molecular weight excluding hydrogens is 326 g/mol. The highest BCUT2D eigenvalue weighted by Gasteiger charge is 2.32. The second kappa shape index (κ2) is 6.21. The molecule has 1 saturated heterocycles. The second-order valence-electron chi connectivity index (χ2n) is 5.27. The SMILES string of the molecule is Cc1ccccc1N1C(=O)/C(=C/c2cccc([N+](=O)[O-])c2)NC1=S. The van der Waals surface area contributed by atoms with E-state index in [0.29, 0.717) is 11.3 Å². The van der Waals surface area contributed by atoms with E-state index in [9.17, 15) is 14.9 Å². The van der Waals surface area contributed by atoms with E-state index in [-0.39, 0.29) is 22.4 Å². The number of nitro groups is 1. The van der Waals surface area contributed by atoms with Gasteiger partial charge in [0.2, 0.25) is 0 Å². The summed E-state index contributed by atoms with van der Waals surface area (Å²) in [6.45, 7) is 1.90. The third-order valence-corrected chi connectivity index (χ3v) is 3.91. The van der Waals surface area contributed by atoms with Gasteiger partial charge in [0.05, 0.1) is 10.6 Å². The van der Waals surface area contributed by atoms with Crippen molar-refractivity contribution in [1.29, 1.82) is 0 Å². The largest absolute Gasteiger partial charge is 0.327 e. The Morgan fingerprint density at radius 1 is 1.21 bits per heavy atom. The van der Waals surface area contributed by atoms with Crippen LogP contribution in [0.15, 0.2) is 54.2 Å². The fourth-order valence-corrected chi connectivity index (χ4v) is 2.75. The van der Waals surface area contributed by atoms with Gasteiger partial charge in [0.15, 0.2) is 5.11 Å². The third-order valence-electron chi connectivity index (χ3n) is 3.63. The Balaban J connectivity index is 1.96.